The molecule has 2 aromatic carbocycles. The van der Waals surface area contributed by atoms with Gasteiger partial charge in [-0.05, 0) is 48.5 Å². The number of hydrogen-bond acceptors (Lipinski definition) is 4. The van der Waals surface area contributed by atoms with Crippen LogP contribution >= 0.6 is 21.6 Å². The van der Waals surface area contributed by atoms with Crippen LogP contribution in [0.25, 0.3) is 0 Å². The smallest absolute Gasteiger partial charge is 0.318 e. The summed E-state index contributed by atoms with van der Waals surface area (Å²) in [7, 11) is 6.39. The molecule has 0 heterocycles. The van der Waals surface area contributed by atoms with Crippen LogP contribution in [0.15, 0.2) is 58.3 Å². The molecule has 0 radical (unpaired) electrons. The van der Waals surface area contributed by atoms with E-state index in [0.717, 1.165) is 21.2 Å². The lowest BCUT2D eigenvalue weighted by atomic mass is 10.3. The van der Waals surface area contributed by atoms with Crippen LogP contribution in [0.3, 0.4) is 0 Å². The average Bonchev–Trinajstić information content (AvgIpc) is 2.62. The number of carbonyl (C=O) groups excluding carboxylic acids is 2. The highest BCUT2D eigenvalue weighted by molar-refractivity contribution is 8.76. The van der Waals surface area contributed by atoms with Crippen LogP contribution in [-0.4, -0.2) is 26.2 Å². The minimum absolute atomic E-state index is 0.241. The van der Waals surface area contributed by atoms with Crippen molar-refractivity contribution in [3.8, 4) is 0 Å². The van der Waals surface area contributed by atoms with E-state index in [9.17, 15) is 9.59 Å². The maximum absolute atomic E-state index is 11.2. The minimum atomic E-state index is -0.241. The first kappa shape index (κ1) is 18.0. The largest absolute Gasteiger partial charge is 0.341 e. The van der Waals surface area contributed by atoms with Crippen molar-refractivity contribution in [2.45, 2.75) is 9.79 Å². The highest BCUT2D eigenvalue weighted by Gasteiger charge is 2.02. The maximum atomic E-state index is 11.2. The van der Waals surface area contributed by atoms with Crippen molar-refractivity contribution < 1.29 is 9.59 Å². The molecule has 0 saturated carbocycles. The molecule has 0 bridgehead atoms. The Labute approximate surface area is 148 Å². The lowest BCUT2D eigenvalue weighted by Gasteiger charge is -2.07. The van der Waals surface area contributed by atoms with Gasteiger partial charge in [-0.15, -0.1) is 0 Å². The first-order valence-electron chi connectivity index (χ1n) is 7.13. The van der Waals surface area contributed by atoms with Gasteiger partial charge < -0.3 is 21.3 Å². The molecule has 8 heteroatoms. The highest BCUT2D eigenvalue weighted by atomic mass is 33.1. The van der Waals surface area contributed by atoms with Gasteiger partial charge in [0.05, 0.1) is 0 Å². The van der Waals surface area contributed by atoms with Gasteiger partial charge in [0, 0.05) is 35.3 Å². The molecule has 0 spiro atoms. The summed E-state index contributed by atoms with van der Waals surface area (Å²) in [6, 6.07) is 14.7. The van der Waals surface area contributed by atoms with E-state index >= 15 is 0 Å². The molecule has 126 valence electrons. The van der Waals surface area contributed by atoms with E-state index in [0.29, 0.717) is 0 Å². The summed E-state index contributed by atoms with van der Waals surface area (Å²) >= 11 is 0. The fourth-order valence-corrected chi connectivity index (χ4v) is 3.60. The van der Waals surface area contributed by atoms with Crippen LogP contribution in [0.1, 0.15) is 0 Å². The topological polar surface area (TPSA) is 82.3 Å². The number of carbonyl (C=O) groups is 2. The van der Waals surface area contributed by atoms with Crippen LogP contribution in [0, 0.1) is 0 Å². The fraction of sp³-hybridized carbons (Fsp3) is 0.125. The van der Waals surface area contributed by atoms with E-state index < -0.39 is 0 Å². The van der Waals surface area contributed by atoms with Gasteiger partial charge in [0.15, 0.2) is 0 Å². The molecule has 0 aliphatic carbocycles. The molecule has 24 heavy (non-hydrogen) atoms. The lowest BCUT2D eigenvalue weighted by molar-refractivity contribution is 0.253. The van der Waals surface area contributed by atoms with Gasteiger partial charge in [-0.3, -0.25) is 0 Å². The summed E-state index contributed by atoms with van der Waals surface area (Å²) in [4.78, 5) is 24.6. The molecule has 0 aromatic heterocycles. The molecule has 6 nitrogen and oxygen atoms in total. The number of urea groups is 2. The Morgan fingerprint density at radius 3 is 1.29 bits per heavy atom. The summed E-state index contributed by atoms with van der Waals surface area (Å²) in [5, 5.41) is 10.4. The molecule has 0 aliphatic rings. The number of rotatable bonds is 5. The van der Waals surface area contributed by atoms with E-state index in [1.807, 2.05) is 48.5 Å². The van der Waals surface area contributed by atoms with E-state index in [-0.39, 0.29) is 12.1 Å². The Balaban J connectivity index is 1.86. The molecule has 0 fully saturated rings. The van der Waals surface area contributed by atoms with Crippen molar-refractivity contribution in [3.63, 3.8) is 0 Å². The van der Waals surface area contributed by atoms with Crippen LogP contribution in [-0.2, 0) is 0 Å². The monoisotopic (exact) mass is 362 g/mol. The summed E-state index contributed by atoms with van der Waals surface area (Å²) in [5.74, 6) is 0. The zero-order valence-electron chi connectivity index (χ0n) is 13.3. The molecule has 2 aromatic rings. The van der Waals surface area contributed by atoms with E-state index in [2.05, 4.69) is 21.3 Å². The summed E-state index contributed by atoms with van der Waals surface area (Å²) in [5.41, 5.74) is 1.49. The zero-order valence-corrected chi connectivity index (χ0v) is 14.9. The first-order valence-corrected chi connectivity index (χ1v) is 9.28. The number of benzene rings is 2. The Hall–Kier alpha value is -2.32. The van der Waals surface area contributed by atoms with Crippen LogP contribution in [0.2, 0.25) is 0 Å². The van der Waals surface area contributed by atoms with Crippen molar-refractivity contribution in [1.29, 1.82) is 0 Å². The van der Waals surface area contributed by atoms with Crippen LogP contribution < -0.4 is 21.3 Å². The van der Waals surface area contributed by atoms with Gasteiger partial charge >= 0.3 is 12.1 Å². The Morgan fingerprint density at radius 2 is 1.00 bits per heavy atom. The summed E-state index contributed by atoms with van der Waals surface area (Å²) in [6.07, 6.45) is 0. The normalized spacial score (nSPS) is 9.92. The zero-order chi connectivity index (χ0) is 17.4. The summed E-state index contributed by atoms with van der Waals surface area (Å²) in [6.45, 7) is 0. The third-order valence-electron chi connectivity index (χ3n) is 2.91. The Bertz CT molecular complexity index is 629. The molecule has 0 atom stereocenters. The predicted octanol–water partition coefficient (Wildman–Crippen LogP) is 3.99. The fourth-order valence-electron chi connectivity index (χ4n) is 1.67. The second kappa shape index (κ2) is 9.09. The van der Waals surface area contributed by atoms with Crippen molar-refractivity contribution in [2.75, 3.05) is 24.7 Å². The molecular weight excluding hydrogens is 344 g/mol. The third kappa shape index (κ3) is 5.71. The quantitative estimate of drug-likeness (QED) is 0.606. The highest BCUT2D eigenvalue weighted by Crippen LogP contribution is 2.37. The SMILES string of the molecule is CNC(=O)Nc1ccc(SSc2ccc(NC(=O)NC)cc2)cc1. The molecular formula is C16H18N4O2S2. The number of hydrogen-bond donors (Lipinski definition) is 4. The molecule has 0 saturated heterocycles. The lowest BCUT2D eigenvalue weighted by Crippen LogP contribution is -2.24. The van der Waals surface area contributed by atoms with Crippen molar-refractivity contribution in [1.82, 2.24) is 10.6 Å². The van der Waals surface area contributed by atoms with E-state index in [4.69, 9.17) is 0 Å². The standard InChI is InChI=1S/C16H18N4O2S2/c1-17-15(21)19-11-3-7-13(8-4-11)23-24-14-9-5-12(6-10-14)20-16(22)18-2/h3-10H,1-2H3,(H2,17,19,21)(H2,18,20,22). The van der Waals surface area contributed by atoms with E-state index in [1.54, 1.807) is 35.7 Å². The Morgan fingerprint density at radius 1 is 0.667 bits per heavy atom. The van der Waals surface area contributed by atoms with Crippen molar-refractivity contribution >= 4 is 45.0 Å². The van der Waals surface area contributed by atoms with Gasteiger partial charge in [-0.2, -0.15) is 0 Å². The van der Waals surface area contributed by atoms with Crippen molar-refractivity contribution in [2.24, 2.45) is 0 Å². The maximum Gasteiger partial charge on any atom is 0.318 e. The molecule has 4 amide bonds. The number of amides is 4. The second-order valence-electron chi connectivity index (χ2n) is 4.62. The van der Waals surface area contributed by atoms with Gasteiger partial charge in [-0.25, -0.2) is 9.59 Å². The van der Waals surface area contributed by atoms with Gasteiger partial charge in [0.2, 0.25) is 0 Å². The summed E-state index contributed by atoms with van der Waals surface area (Å²) < 4.78 is 0. The van der Waals surface area contributed by atoms with Gasteiger partial charge in [0.25, 0.3) is 0 Å². The number of nitrogens with one attached hydrogen (secondary N) is 4. The second-order valence-corrected chi connectivity index (χ2v) is 6.90. The molecule has 0 aliphatic heterocycles. The average molecular weight is 362 g/mol. The van der Waals surface area contributed by atoms with Crippen molar-refractivity contribution in [3.05, 3.63) is 48.5 Å². The number of anilines is 2. The van der Waals surface area contributed by atoms with Crippen LogP contribution in [0.4, 0.5) is 21.0 Å². The minimum Gasteiger partial charge on any atom is -0.341 e. The van der Waals surface area contributed by atoms with E-state index in [1.165, 1.54) is 0 Å². The van der Waals surface area contributed by atoms with Crippen LogP contribution in [0.5, 0.6) is 0 Å². The third-order valence-corrected chi connectivity index (χ3v) is 5.33. The molecule has 4 N–H and O–H groups in total. The Kier molecular flexibility index (Phi) is 6.83. The first-order chi connectivity index (χ1) is 11.6. The molecule has 2 rings (SSSR count). The van der Waals surface area contributed by atoms with Gasteiger partial charge in [0.1, 0.15) is 0 Å². The predicted molar refractivity (Wildman–Crippen MR) is 101 cm³/mol. The molecule has 0 unspecified atom stereocenters. The van der Waals surface area contributed by atoms with Gasteiger partial charge in [-0.1, -0.05) is 21.6 Å².